The maximum atomic E-state index is 13.7. The van der Waals surface area contributed by atoms with E-state index in [1.807, 2.05) is 0 Å². The number of hydrogen-bond donors (Lipinski definition) is 0. The predicted molar refractivity (Wildman–Crippen MR) is 73.5 cm³/mol. The molecular weight excluding hydrogens is 273 g/mol. The van der Waals surface area contributed by atoms with Gasteiger partial charge < -0.3 is 4.74 Å². The van der Waals surface area contributed by atoms with Crippen LogP contribution in [-0.4, -0.2) is 27.7 Å². The van der Waals surface area contributed by atoms with Crippen molar-refractivity contribution < 1.29 is 13.9 Å². The fourth-order valence-electron chi connectivity index (χ4n) is 2.17. The zero-order valence-electron chi connectivity index (χ0n) is 11.3. The van der Waals surface area contributed by atoms with Crippen molar-refractivity contribution in [2.45, 2.75) is 6.42 Å². The molecule has 3 rings (SSSR count). The van der Waals surface area contributed by atoms with Crippen LogP contribution >= 0.6 is 0 Å². The summed E-state index contributed by atoms with van der Waals surface area (Å²) in [4.78, 5) is 11.7. The lowest BCUT2D eigenvalue weighted by Crippen LogP contribution is -2.05. The Hall–Kier alpha value is -2.76. The van der Waals surface area contributed by atoms with Crippen molar-refractivity contribution in [1.29, 1.82) is 0 Å². The molecule has 106 valence electrons. The van der Waals surface area contributed by atoms with Gasteiger partial charge in [0.15, 0.2) is 5.65 Å². The zero-order valence-corrected chi connectivity index (χ0v) is 11.3. The number of fused-ring (bicyclic) bond motifs is 1. The maximum Gasteiger partial charge on any atom is 0.341 e. The molecule has 0 fully saturated rings. The summed E-state index contributed by atoms with van der Waals surface area (Å²) in [5, 5.41) is 8.05. The van der Waals surface area contributed by atoms with Crippen LogP contribution in [0.3, 0.4) is 0 Å². The van der Waals surface area contributed by atoms with Gasteiger partial charge in [-0.25, -0.2) is 9.18 Å². The van der Waals surface area contributed by atoms with Crippen LogP contribution in [0.15, 0.2) is 42.6 Å². The fraction of sp³-hybridized carbons (Fsp3) is 0.133. The highest BCUT2D eigenvalue weighted by atomic mass is 19.1. The van der Waals surface area contributed by atoms with Gasteiger partial charge in [-0.1, -0.05) is 18.2 Å². The van der Waals surface area contributed by atoms with E-state index in [9.17, 15) is 9.18 Å². The summed E-state index contributed by atoms with van der Waals surface area (Å²) in [7, 11) is 1.31. The number of halogens is 1. The molecule has 0 unspecified atom stereocenters. The van der Waals surface area contributed by atoms with Gasteiger partial charge in [0.1, 0.15) is 17.2 Å². The van der Waals surface area contributed by atoms with Crippen LogP contribution in [0.2, 0.25) is 0 Å². The summed E-state index contributed by atoms with van der Waals surface area (Å²) in [6.45, 7) is 0. The lowest BCUT2D eigenvalue weighted by Gasteiger charge is -2.03. The van der Waals surface area contributed by atoms with Gasteiger partial charge in [-0.05, 0) is 23.8 Å². The first-order valence-electron chi connectivity index (χ1n) is 6.35. The largest absolute Gasteiger partial charge is 0.465 e. The van der Waals surface area contributed by atoms with Crippen LogP contribution < -0.4 is 0 Å². The van der Waals surface area contributed by atoms with E-state index < -0.39 is 5.97 Å². The summed E-state index contributed by atoms with van der Waals surface area (Å²) < 4.78 is 20.1. The lowest BCUT2D eigenvalue weighted by molar-refractivity contribution is 0.0602. The lowest BCUT2D eigenvalue weighted by atomic mass is 10.1. The van der Waals surface area contributed by atoms with E-state index in [1.165, 1.54) is 13.2 Å². The Kier molecular flexibility index (Phi) is 3.35. The second-order valence-corrected chi connectivity index (χ2v) is 4.49. The zero-order chi connectivity index (χ0) is 14.8. The number of methoxy groups -OCH3 is 1. The second-order valence-electron chi connectivity index (χ2n) is 4.49. The molecule has 6 heteroatoms. The van der Waals surface area contributed by atoms with Crippen molar-refractivity contribution in [3.05, 3.63) is 65.4 Å². The van der Waals surface area contributed by atoms with E-state index in [2.05, 4.69) is 10.2 Å². The summed E-state index contributed by atoms with van der Waals surface area (Å²) >= 11 is 0. The molecule has 0 radical (unpaired) electrons. The molecule has 2 aromatic heterocycles. The number of benzene rings is 1. The quantitative estimate of drug-likeness (QED) is 0.693. The summed E-state index contributed by atoms with van der Waals surface area (Å²) in [5.41, 5.74) is 1.25. The first-order chi connectivity index (χ1) is 10.2. The molecule has 3 aromatic rings. The van der Waals surface area contributed by atoms with Gasteiger partial charge >= 0.3 is 5.97 Å². The highest BCUT2D eigenvalue weighted by Crippen LogP contribution is 2.15. The molecule has 0 N–H and O–H groups in total. The Balaban J connectivity index is 2.05. The van der Waals surface area contributed by atoms with Crippen LogP contribution in [0.25, 0.3) is 5.65 Å². The minimum Gasteiger partial charge on any atom is -0.465 e. The Labute approximate surface area is 120 Å². The standard InChI is InChI=1S/C15H12FN3O2/c1-21-15(20)11-6-4-8-19-13(17-18-14(11)19)9-10-5-2-3-7-12(10)16/h2-8H,9H2,1H3. The van der Waals surface area contributed by atoms with Crippen LogP contribution in [0, 0.1) is 5.82 Å². The third-order valence-corrected chi connectivity index (χ3v) is 3.22. The summed E-state index contributed by atoms with van der Waals surface area (Å²) in [5.74, 6) is -0.218. The van der Waals surface area contributed by atoms with Gasteiger partial charge in [0.25, 0.3) is 0 Å². The normalized spacial score (nSPS) is 10.8. The Bertz CT molecular complexity index is 814. The number of ether oxygens (including phenoxy) is 1. The SMILES string of the molecule is COC(=O)c1cccn2c(Cc3ccccc3F)nnc12. The molecule has 0 aliphatic heterocycles. The van der Waals surface area contributed by atoms with E-state index in [0.717, 1.165) is 0 Å². The minimum absolute atomic E-state index is 0.290. The predicted octanol–water partition coefficient (Wildman–Crippen LogP) is 2.25. The Morgan fingerprint density at radius 1 is 1.24 bits per heavy atom. The topological polar surface area (TPSA) is 56.5 Å². The van der Waals surface area contributed by atoms with Crippen LogP contribution in [-0.2, 0) is 11.2 Å². The summed E-state index contributed by atoms with van der Waals surface area (Å²) in [6, 6.07) is 9.81. The number of carbonyl (C=O) groups excluding carboxylic acids is 1. The van der Waals surface area contributed by atoms with Crippen LogP contribution in [0.5, 0.6) is 0 Å². The molecular formula is C15H12FN3O2. The van der Waals surface area contributed by atoms with E-state index >= 15 is 0 Å². The van der Waals surface area contributed by atoms with E-state index in [1.54, 1.807) is 40.9 Å². The van der Waals surface area contributed by atoms with Crippen LogP contribution in [0.1, 0.15) is 21.7 Å². The molecule has 21 heavy (non-hydrogen) atoms. The second kappa shape index (κ2) is 5.32. The molecule has 0 atom stereocenters. The molecule has 0 spiro atoms. The number of aromatic nitrogens is 3. The number of hydrogen-bond acceptors (Lipinski definition) is 4. The van der Waals surface area contributed by atoms with Crippen molar-refractivity contribution in [2.75, 3.05) is 7.11 Å². The third-order valence-electron chi connectivity index (χ3n) is 3.22. The minimum atomic E-state index is -0.481. The highest BCUT2D eigenvalue weighted by molar-refractivity contribution is 5.95. The molecule has 0 amide bonds. The highest BCUT2D eigenvalue weighted by Gasteiger charge is 2.16. The number of pyridine rings is 1. The average Bonchev–Trinajstić information content (AvgIpc) is 2.92. The average molecular weight is 285 g/mol. The third kappa shape index (κ3) is 2.35. The molecule has 0 aliphatic rings. The van der Waals surface area contributed by atoms with E-state index in [4.69, 9.17) is 4.74 Å². The maximum absolute atomic E-state index is 13.7. The molecule has 5 nitrogen and oxygen atoms in total. The fourth-order valence-corrected chi connectivity index (χ4v) is 2.17. The van der Waals surface area contributed by atoms with Gasteiger partial charge in [-0.3, -0.25) is 4.40 Å². The first kappa shape index (κ1) is 13.2. The molecule has 0 bridgehead atoms. The molecule has 0 saturated heterocycles. The van der Waals surface area contributed by atoms with Crippen molar-refractivity contribution in [3.8, 4) is 0 Å². The molecule has 0 aliphatic carbocycles. The smallest absolute Gasteiger partial charge is 0.341 e. The van der Waals surface area contributed by atoms with Crippen molar-refractivity contribution in [1.82, 2.24) is 14.6 Å². The van der Waals surface area contributed by atoms with Crippen molar-refractivity contribution in [3.63, 3.8) is 0 Å². The number of carbonyl (C=O) groups is 1. The Morgan fingerprint density at radius 3 is 2.81 bits per heavy atom. The van der Waals surface area contributed by atoms with Gasteiger partial charge in [-0.2, -0.15) is 0 Å². The van der Waals surface area contributed by atoms with Gasteiger partial charge in [0.05, 0.1) is 7.11 Å². The number of rotatable bonds is 3. The van der Waals surface area contributed by atoms with Gasteiger partial charge in [-0.15, -0.1) is 10.2 Å². The van der Waals surface area contributed by atoms with Gasteiger partial charge in [0.2, 0.25) is 0 Å². The monoisotopic (exact) mass is 285 g/mol. The van der Waals surface area contributed by atoms with E-state index in [0.29, 0.717) is 29.0 Å². The van der Waals surface area contributed by atoms with Crippen molar-refractivity contribution >= 4 is 11.6 Å². The Morgan fingerprint density at radius 2 is 2.05 bits per heavy atom. The van der Waals surface area contributed by atoms with Gasteiger partial charge in [0, 0.05) is 12.6 Å². The molecule has 0 saturated carbocycles. The summed E-state index contributed by atoms with van der Waals surface area (Å²) in [6.07, 6.45) is 2.02. The first-order valence-corrected chi connectivity index (χ1v) is 6.35. The number of esters is 1. The molecule has 2 heterocycles. The number of nitrogens with zero attached hydrogens (tertiary/aromatic N) is 3. The molecule has 1 aromatic carbocycles. The van der Waals surface area contributed by atoms with Crippen LogP contribution in [0.4, 0.5) is 4.39 Å². The van der Waals surface area contributed by atoms with Crippen molar-refractivity contribution in [2.24, 2.45) is 0 Å². The van der Waals surface area contributed by atoms with E-state index in [-0.39, 0.29) is 5.82 Å².